The monoisotopic (exact) mass is 604 g/mol. The van der Waals surface area contributed by atoms with Gasteiger partial charge in [0.2, 0.25) is 10.0 Å². The van der Waals surface area contributed by atoms with Gasteiger partial charge in [0.25, 0.3) is 0 Å². The first-order valence-electron chi connectivity index (χ1n) is 13.6. The summed E-state index contributed by atoms with van der Waals surface area (Å²) in [5, 5.41) is 23.1. The number of rotatable bonds is 11. The zero-order valence-corrected chi connectivity index (χ0v) is 24.5. The van der Waals surface area contributed by atoms with Gasteiger partial charge in [0.1, 0.15) is 0 Å². The maximum atomic E-state index is 13.7. The highest BCUT2D eigenvalue weighted by Gasteiger charge is 2.34. The largest absolute Gasteiger partial charge is 0.478 e. The Bertz CT molecular complexity index is 1510. The summed E-state index contributed by atoms with van der Waals surface area (Å²) >= 11 is 0. The molecule has 0 saturated carbocycles. The predicted octanol–water partition coefficient (Wildman–Crippen LogP) is 5.23. The average Bonchev–Trinajstić information content (AvgIpc) is 3.32. The van der Waals surface area contributed by atoms with Crippen molar-refractivity contribution in [2.24, 2.45) is 5.92 Å². The summed E-state index contributed by atoms with van der Waals surface area (Å²) in [4.78, 5) is 10.6. The summed E-state index contributed by atoms with van der Waals surface area (Å²) in [5.74, 6) is -0.753. The summed E-state index contributed by atoms with van der Waals surface area (Å²) in [6.45, 7) is 3.81. The lowest BCUT2D eigenvalue weighted by molar-refractivity contribution is -0.137. The fourth-order valence-corrected chi connectivity index (χ4v) is 6.79. The molecule has 0 radical (unpaired) electrons. The number of benzene rings is 3. The lowest BCUT2D eigenvalue weighted by Gasteiger charge is -2.31. The van der Waals surface area contributed by atoms with Crippen LogP contribution >= 0.6 is 0 Å². The van der Waals surface area contributed by atoms with E-state index >= 15 is 0 Å². The minimum Gasteiger partial charge on any atom is -0.478 e. The molecule has 1 atom stereocenters. The number of likely N-dealkylation sites (N-methyl/N-ethyl adjacent to an activating group) is 1. The molecule has 0 bridgehead atoms. The zero-order chi connectivity index (χ0) is 30.9. The van der Waals surface area contributed by atoms with Gasteiger partial charge in [-0.1, -0.05) is 36.4 Å². The lowest BCUT2D eigenvalue weighted by Crippen LogP contribution is -2.47. The third kappa shape index (κ3) is 7.57. The molecule has 3 aromatic rings. The first kappa shape index (κ1) is 31.7. The van der Waals surface area contributed by atoms with Crippen molar-refractivity contribution in [2.45, 2.75) is 55.8 Å². The van der Waals surface area contributed by atoms with E-state index in [1.807, 2.05) is 26.0 Å². The van der Waals surface area contributed by atoms with E-state index in [-0.39, 0.29) is 35.3 Å². The molecule has 1 aliphatic rings. The Labute approximate surface area is 244 Å². The second-order valence-electron chi connectivity index (χ2n) is 11.6. The molecule has 0 aliphatic heterocycles. The molecule has 4 rings (SSSR count). The van der Waals surface area contributed by atoms with Crippen LogP contribution in [0.5, 0.6) is 0 Å². The Hall–Kier alpha value is -3.25. The molecule has 11 heteroatoms. The molecule has 0 saturated heterocycles. The highest BCUT2D eigenvalue weighted by atomic mass is 32.2. The van der Waals surface area contributed by atoms with Gasteiger partial charge in [0.15, 0.2) is 0 Å². The van der Waals surface area contributed by atoms with Crippen molar-refractivity contribution in [1.82, 2.24) is 9.62 Å². The minimum atomic E-state index is -4.82. The number of nitrogens with zero attached hydrogens (tertiary/aromatic N) is 1. The number of nitrogens with one attached hydrogen (secondary N) is 1. The quantitative estimate of drug-likeness (QED) is 0.277. The zero-order valence-electron chi connectivity index (χ0n) is 23.6. The number of aromatic carboxylic acids is 1. The smallest absolute Gasteiger partial charge is 0.416 e. The van der Waals surface area contributed by atoms with E-state index in [1.54, 1.807) is 0 Å². The number of aliphatic hydroxyl groups excluding tert-OH is 1. The molecule has 3 aromatic carbocycles. The van der Waals surface area contributed by atoms with Crippen LogP contribution in [-0.4, -0.2) is 60.7 Å². The summed E-state index contributed by atoms with van der Waals surface area (Å²) in [5.41, 5.74) is 1.33. The number of sulfonamides is 1. The Morgan fingerprint density at radius 2 is 1.60 bits per heavy atom. The number of fused-ring (bicyclic) bond motifs is 1. The van der Waals surface area contributed by atoms with Crippen LogP contribution in [0.3, 0.4) is 0 Å². The number of halogens is 3. The summed E-state index contributed by atoms with van der Waals surface area (Å²) in [7, 11) is -3.21. The van der Waals surface area contributed by atoms with E-state index < -0.39 is 38.7 Å². The van der Waals surface area contributed by atoms with Crippen LogP contribution in [0.1, 0.15) is 47.3 Å². The van der Waals surface area contributed by atoms with Crippen molar-refractivity contribution >= 4 is 16.0 Å². The maximum absolute atomic E-state index is 13.7. The summed E-state index contributed by atoms with van der Waals surface area (Å²) in [6, 6.07) is 15.9. The summed E-state index contributed by atoms with van der Waals surface area (Å²) < 4.78 is 68.8. The molecule has 42 heavy (non-hydrogen) atoms. The fourth-order valence-electron chi connectivity index (χ4n) is 5.51. The number of carboxylic acid groups (broad SMARTS) is 1. The molecule has 0 fully saturated rings. The topological polar surface area (TPSA) is 107 Å². The molecule has 226 valence electrons. The van der Waals surface area contributed by atoms with Crippen LogP contribution in [0.15, 0.2) is 71.6 Å². The van der Waals surface area contributed by atoms with Gasteiger partial charge in [0, 0.05) is 25.7 Å². The van der Waals surface area contributed by atoms with Crippen LogP contribution in [-0.2, 0) is 29.0 Å². The first-order chi connectivity index (χ1) is 19.5. The second kappa shape index (κ2) is 12.2. The fraction of sp³-hybridized carbons (Fsp3) is 0.387. The molecule has 3 N–H and O–H groups in total. The average molecular weight is 605 g/mol. The lowest BCUT2D eigenvalue weighted by atomic mass is 9.88. The Morgan fingerprint density at radius 1 is 1.00 bits per heavy atom. The van der Waals surface area contributed by atoms with Crippen molar-refractivity contribution < 1.29 is 36.6 Å². The number of aliphatic hydroxyl groups is 1. The predicted molar refractivity (Wildman–Crippen MR) is 154 cm³/mol. The first-order valence-corrected chi connectivity index (χ1v) is 15.0. The second-order valence-corrected chi connectivity index (χ2v) is 13.6. The molecule has 7 nitrogen and oxygen atoms in total. The van der Waals surface area contributed by atoms with Gasteiger partial charge in [-0.25, -0.2) is 13.2 Å². The molecular formula is C31H35F3N2O5S. The van der Waals surface area contributed by atoms with Crippen molar-refractivity contribution in [3.05, 3.63) is 89.0 Å². The molecule has 0 spiro atoms. The molecule has 0 heterocycles. The molecule has 0 amide bonds. The minimum absolute atomic E-state index is 0.0354. The Balaban J connectivity index is 1.44. The van der Waals surface area contributed by atoms with Gasteiger partial charge in [0.05, 0.1) is 22.1 Å². The van der Waals surface area contributed by atoms with Crippen molar-refractivity contribution in [1.29, 1.82) is 0 Å². The van der Waals surface area contributed by atoms with Gasteiger partial charge in [-0.05, 0) is 91.6 Å². The normalized spacial score (nSPS) is 15.1. The number of hydrogen-bond donors (Lipinski definition) is 3. The van der Waals surface area contributed by atoms with E-state index in [2.05, 4.69) is 17.4 Å². The maximum Gasteiger partial charge on any atom is 0.416 e. The van der Waals surface area contributed by atoms with Crippen LogP contribution in [0.25, 0.3) is 11.1 Å². The van der Waals surface area contributed by atoms with Gasteiger partial charge in [-0.2, -0.15) is 17.5 Å². The number of β-amino-alcohol motifs (C(OH)–C–C–N with tert-alkyl or cyclic N) is 1. The van der Waals surface area contributed by atoms with E-state index in [0.29, 0.717) is 12.0 Å². The number of hydrogen-bond acceptors (Lipinski definition) is 5. The highest BCUT2D eigenvalue weighted by Crippen LogP contribution is 2.36. The summed E-state index contributed by atoms with van der Waals surface area (Å²) in [6.07, 6.45) is -3.13. The molecular weight excluding hydrogens is 569 g/mol. The number of carboxylic acids is 1. The van der Waals surface area contributed by atoms with Crippen molar-refractivity contribution in [2.75, 3.05) is 20.1 Å². The Kier molecular flexibility index (Phi) is 9.17. The van der Waals surface area contributed by atoms with Crippen molar-refractivity contribution in [3.8, 4) is 11.1 Å². The van der Waals surface area contributed by atoms with E-state index in [1.165, 1.54) is 42.4 Å². The standard InChI is InChI=1S/C31H35F3N2O5S/c1-30(2,17-20-12-23-6-4-5-7-24(23)13-20)35-18-27(37)19-36(3)42(40,41)28-15-25(14-26(16-28)31(32,33)34)21-8-10-22(11-9-21)29(38)39/h4-11,14-16,20,27,35,37H,12-13,17-19H2,1-3H3,(H,38,39)/t27-/m1/s1. The number of carbonyl (C=O) groups is 1. The van der Waals surface area contributed by atoms with E-state index in [0.717, 1.165) is 35.7 Å². The number of alkyl halides is 3. The third-order valence-corrected chi connectivity index (χ3v) is 9.43. The van der Waals surface area contributed by atoms with Crippen LogP contribution in [0.2, 0.25) is 0 Å². The van der Waals surface area contributed by atoms with Crippen LogP contribution in [0, 0.1) is 5.92 Å². The molecule has 0 aromatic heterocycles. The SMILES string of the molecule is CN(C[C@H](O)CNC(C)(C)CC1Cc2ccccc2C1)S(=O)(=O)c1cc(-c2ccc(C(=O)O)cc2)cc(C(F)(F)F)c1. The van der Waals surface area contributed by atoms with Crippen molar-refractivity contribution in [3.63, 3.8) is 0 Å². The Morgan fingerprint density at radius 3 is 2.14 bits per heavy atom. The van der Waals surface area contributed by atoms with E-state index in [9.17, 15) is 31.5 Å². The molecule has 0 unspecified atom stereocenters. The van der Waals surface area contributed by atoms with Gasteiger partial charge >= 0.3 is 12.1 Å². The van der Waals surface area contributed by atoms with Gasteiger partial charge < -0.3 is 15.5 Å². The third-order valence-electron chi connectivity index (χ3n) is 7.63. The van der Waals surface area contributed by atoms with E-state index in [4.69, 9.17) is 5.11 Å². The molecule has 1 aliphatic carbocycles. The van der Waals surface area contributed by atoms with Gasteiger partial charge in [-0.15, -0.1) is 0 Å². The van der Waals surface area contributed by atoms with Crippen LogP contribution in [0.4, 0.5) is 13.2 Å². The highest BCUT2D eigenvalue weighted by molar-refractivity contribution is 7.89. The van der Waals surface area contributed by atoms with Crippen LogP contribution < -0.4 is 5.32 Å². The van der Waals surface area contributed by atoms with Gasteiger partial charge in [-0.3, -0.25) is 0 Å².